The van der Waals surface area contributed by atoms with Crippen molar-refractivity contribution < 1.29 is 0 Å². The molecular formula is C9H12N2. The highest BCUT2D eigenvalue weighted by atomic mass is 15.1. The van der Waals surface area contributed by atoms with E-state index in [1.165, 1.54) is 5.69 Å². The van der Waals surface area contributed by atoms with Crippen molar-refractivity contribution in [3.63, 3.8) is 0 Å². The van der Waals surface area contributed by atoms with E-state index >= 15 is 0 Å². The minimum atomic E-state index is 0.636. The number of benzene rings is 1. The van der Waals surface area contributed by atoms with Crippen LogP contribution in [0.1, 0.15) is 0 Å². The average molecular weight is 148 g/mol. The summed E-state index contributed by atoms with van der Waals surface area (Å²) in [6.45, 7) is 2.18. The largest absolute Gasteiger partial charge is 0.380 e. The van der Waals surface area contributed by atoms with Gasteiger partial charge in [0.1, 0.15) is 0 Å². The fourth-order valence-corrected chi connectivity index (χ4v) is 1.16. The minimum Gasteiger partial charge on any atom is -0.380 e. The van der Waals surface area contributed by atoms with Gasteiger partial charge in [-0.15, -0.1) is 0 Å². The van der Waals surface area contributed by atoms with Crippen LogP contribution in [0.15, 0.2) is 30.3 Å². The molecule has 0 atom stereocenters. The molecule has 2 N–H and O–H groups in total. The van der Waals surface area contributed by atoms with Gasteiger partial charge >= 0.3 is 0 Å². The highest BCUT2D eigenvalue weighted by Gasteiger charge is 2.14. The van der Waals surface area contributed by atoms with Crippen molar-refractivity contribution in [3.8, 4) is 0 Å². The van der Waals surface area contributed by atoms with Gasteiger partial charge in [0.2, 0.25) is 0 Å². The van der Waals surface area contributed by atoms with Crippen LogP contribution in [0.2, 0.25) is 0 Å². The van der Waals surface area contributed by atoms with E-state index in [0.717, 1.165) is 13.1 Å². The highest BCUT2D eigenvalue weighted by Crippen LogP contribution is 2.08. The predicted octanol–water partition coefficient (Wildman–Crippen LogP) is 1.07. The van der Waals surface area contributed by atoms with Gasteiger partial charge in [0.25, 0.3) is 0 Å². The number of para-hydroxylation sites is 1. The van der Waals surface area contributed by atoms with E-state index in [2.05, 4.69) is 34.9 Å². The Morgan fingerprint density at radius 3 is 2.45 bits per heavy atom. The van der Waals surface area contributed by atoms with Crippen molar-refractivity contribution in [1.82, 2.24) is 5.32 Å². The zero-order chi connectivity index (χ0) is 7.52. The van der Waals surface area contributed by atoms with Gasteiger partial charge in [-0.1, -0.05) is 18.2 Å². The third-order valence-corrected chi connectivity index (χ3v) is 1.93. The third kappa shape index (κ3) is 1.52. The van der Waals surface area contributed by atoms with Crippen molar-refractivity contribution in [3.05, 3.63) is 30.3 Å². The SMILES string of the molecule is c1ccc(NC2CNC2)cc1. The number of anilines is 1. The van der Waals surface area contributed by atoms with Crippen molar-refractivity contribution >= 4 is 5.69 Å². The molecule has 1 aliphatic rings. The van der Waals surface area contributed by atoms with E-state index in [9.17, 15) is 0 Å². The standard InChI is InChI=1S/C9H12N2/c1-2-4-8(5-3-1)11-9-6-10-7-9/h1-5,9-11H,6-7H2. The van der Waals surface area contributed by atoms with E-state index in [1.54, 1.807) is 0 Å². The fraction of sp³-hybridized carbons (Fsp3) is 0.333. The highest BCUT2D eigenvalue weighted by molar-refractivity contribution is 5.44. The van der Waals surface area contributed by atoms with Gasteiger partial charge in [-0.2, -0.15) is 0 Å². The lowest BCUT2D eigenvalue weighted by molar-refractivity contribution is 0.472. The molecule has 2 heteroatoms. The van der Waals surface area contributed by atoms with Gasteiger partial charge in [0.15, 0.2) is 0 Å². The lowest BCUT2D eigenvalue weighted by Gasteiger charge is -2.28. The smallest absolute Gasteiger partial charge is 0.0510 e. The monoisotopic (exact) mass is 148 g/mol. The molecule has 0 unspecified atom stereocenters. The van der Waals surface area contributed by atoms with Gasteiger partial charge in [-0.25, -0.2) is 0 Å². The van der Waals surface area contributed by atoms with Gasteiger partial charge in [-0.05, 0) is 12.1 Å². The van der Waals surface area contributed by atoms with Crippen LogP contribution in [0, 0.1) is 0 Å². The van der Waals surface area contributed by atoms with Crippen molar-refractivity contribution in [2.75, 3.05) is 18.4 Å². The Morgan fingerprint density at radius 2 is 1.91 bits per heavy atom. The molecule has 11 heavy (non-hydrogen) atoms. The summed E-state index contributed by atoms with van der Waals surface area (Å²) in [5, 5.41) is 6.63. The lowest BCUT2D eigenvalue weighted by Crippen LogP contribution is -2.51. The van der Waals surface area contributed by atoms with Gasteiger partial charge in [0, 0.05) is 18.8 Å². The molecule has 0 amide bonds. The Kier molecular flexibility index (Phi) is 1.78. The van der Waals surface area contributed by atoms with Gasteiger partial charge in [0.05, 0.1) is 6.04 Å². The number of nitrogens with one attached hydrogen (secondary N) is 2. The second kappa shape index (κ2) is 2.93. The van der Waals surface area contributed by atoms with Crippen molar-refractivity contribution in [2.45, 2.75) is 6.04 Å². The Labute approximate surface area is 66.6 Å². The molecule has 2 rings (SSSR count). The maximum Gasteiger partial charge on any atom is 0.0510 e. The quantitative estimate of drug-likeness (QED) is 0.655. The van der Waals surface area contributed by atoms with Crippen LogP contribution < -0.4 is 10.6 Å². The molecular weight excluding hydrogens is 136 g/mol. The molecule has 0 bridgehead atoms. The van der Waals surface area contributed by atoms with Crippen LogP contribution >= 0.6 is 0 Å². The van der Waals surface area contributed by atoms with E-state index in [1.807, 2.05) is 6.07 Å². The van der Waals surface area contributed by atoms with Crippen molar-refractivity contribution in [1.29, 1.82) is 0 Å². The van der Waals surface area contributed by atoms with Crippen LogP contribution in [0.3, 0.4) is 0 Å². The molecule has 1 fully saturated rings. The first-order valence-corrected chi connectivity index (χ1v) is 3.97. The molecule has 0 spiro atoms. The van der Waals surface area contributed by atoms with Crippen LogP contribution in [0.5, 0.6) is 0 Å². The van der Waals surface area contributed by atoms with Crippen LogP contribution in [0.25, 0.3) is 0 Å². The predicted molar refractivity (Wildman–Crippen MR) is 46.7 cm³/mol. The van der Waals surface area contributed by atoms with Gasteiger partial charge < -0.3 is 10.6 Å². The molecule has 0 aromatic heterocycles. The molecule has 58 valence electrons. The summed E-state index contributed by atoms with van der Waals surface area (Å²) in [6, 6.07) is 11.0. The maximum absolute atomic E-state index is 3.42. The molecule has 0 aliphatic carbocycles. The number of hydrogen-bond donors (Lipinski definition) is 2. The van der Waals surface area contributed by atoms with Crippen molar-refractivity contribution in [2.24, 2.45) is 0 Å². The number of hydrogen-bond acceptors (Lipinski definition) is 2. The second-order valence-electron chi connectivity index (χ2n) is 2.87. The van der Waals surface area contributed by atoms with Crippen LogP contribution in [0.4, 0.5) is 5.69 Å². The topological polar surface area (TPSA) is 24.1 Å². The summed E-state index contributed by atoms with van der Waals surface area (Å²) < 4.78 is 0. The Bertz CT molecular complexity index is 216. The summed E-state index contributed by atoms with van der Waals surface area (Å²) in [7, 11) is 0. The van der Waals surface area contributed by atoms with E-state index in [-0.39, 0.29) is 0 Å². The summed E-state index contributed by atoms with van der Waals surface area (Å²) in [5.41, 5.74) is 1.22. The average Bonchev–Trinajstić information content (AvgIpc) is 1.99. The summed E-state index contributed by atoms with van der Waals surface area (Å²) in [5.74, 6) is 0. The first-order chi connectivity index (χ1) is 5.45. The second-order valence-corrected chi connectivity index (χ2v) is 2.87. The molecule has 1 aromatic rings. The molecule has 1 heterocycles. The Morgan fingerprint density at radius 1 is 1.18 bits per heavy atom. The molecule has 1 aliphatic heterocycles. The lowest BCUT2D eigenvalue weighted by atomic mass is 10.1. The van der Waals surface area contributed by atoms with E-state index in [4.69, 9.17) is 0 Å². The van der Waals surface area contributed by atoms with Gasteiger partial charge in [-0.3, -0.25) is 0 Å². The Balaban J connectivity index is 1.95. The zero-order valence-corrected chi connectivity index (χ0v) is 6.38. The molecule has 1 saturated heterocycles. The number of rotatable bonds is 2. The molecule has 2 nitrogen and oxygen atoms in total. The minimum absolute atomic E-state index is 0.636. The maximum atomic E-state index is 3.42. The fourth-order valence-electron chi connectivity index (χ4n) is 1.16. The summed E-state index contributed by atoms with van der Waals surface area (Å²) in [4.78, 5) is 0. The first-order valence-electron chi connectivity index (χ1n) is 3.97. The summed E-state index contributed by atoms with van der Waals surface area (Å²) >= 11 is 0. The molecule has 0 saturated carbocycles. The molecule has 0 radical (unpaired) electrons. The third-order valence-electron chi connectivity index (χ3n) is 1.93. The van der Waals surface area contributed by atoms with E-state index < -0.39 is 0 Å². The normalized spacial score (nSPS) is 17.5. The van der Waals surface area contributed by atoms with Crippen LogP contribution in [-0.4, -0.2) is 19.1 Å². The summed E-state index contributed by atoms with van der Waals surface area (Å²) in [6.07, 6.45) is 0. The Hall–Kier alpha value is -1.02. The van der Waals surface area contributed by atoms with E-state index in [0.29, 0.717) is 6.04 Å². The first kappa shape index (κ1) is 6.68. The molecule has 1 aromatic carbocycles. The zero-order valence-electron chi connectivity index (χ0n) is 6.38. The van der Waals surface area contributed by atoms with Crippen LogP contribution in [-0.2, 0) is 0 Å².